The van der Waals surface area contributed by atoms with E-state index in [-0.39, 0.29) is 29.0 Å². The molecule has 0 aromatic heterocycles. The highest BCUT2D eigenvalue weighted by atomic mass is 32.2. The molecule has 5 nitrogen and oxygen atoms in total. The van der Waals surface area contributed by atoms with Crippen molar-refractivity contribution in [1.82, 2.24) is 5.32 Å². The SMILES string of the molecule is O=C(NCC(c1ccccc1)c1ccccc1)[C@@H]1Cc2ccccc2N1S(=O)(=O)c1ccc(-c2ccc(F)cc2)cc1. The second kappa shape index (κ2) is 11.6. The van der Waals surface area contributed by atoms with Crippen LogP contribution in [-0.2, 0) is 21.2 Å². The maximum Gasteiger partial charge on any atom is 0.265 e. The van der Waals surface area contributed by atoms with Crippen LogP contribution < -0.4 is 9.62 Å². The molecule has 210 valence electrons. The van der Waals surface area contributed by atoms with Gasteiger partial charge in [0.2, 0.25) is 5.91 Å². The minimum atomic E-state index is -4.08. The Kier molecular flexibility index (Phi) is 7.59. The number of carbonyl (C=O) groups excluding carboxylic acids is 1. The Balaban J connectivity index is 1.28. The molecule has 42 heavy (non-hydrogen) atoms. The molecule has 0 saturated heterocycles. The van der Waals surface area contributed by atoms with Crippen LogP contribution in [0.2, 0.25) is 0 Å². The largest absolute Gasteiger partial charge is 0.353 e. The summed E-state index contributed by atoms with van der Waals surface area (Å²) in [5, 5.41) is 3.07. The summed E-state index contributed by atoms with van der Waals surface area (Å²) in [4.78, 5) is 13.9. The summed E-state index contributed by atoms with van der Waals surface area (Å²) >= 11 is 0. The van der Waals surface area contributed by atoms with Crippen molar-refractivity contribution in [2.45, 2.75) is 23.3 Å². The van der Waals surface area contributed by atoms with Crippen LogP contribution in [0.1, 0.15) is 22.6 Å². The van der Waals surface area contributed by atoms with Crippen molar-refractivity contribution in [1.29, 1.82) is 0 Å². The standard InChI is InChI=1S/C35H29FN2O3S/c36-30-19-15-25(16-20-30)26-17-21-31(22-18-26)42(40,41)38-33-14-8-7-13-29(33)23-34(38)35(39)37-24-32(27-9-3-1-4-10-27)28-11-5-2-6-12-28/h1-22,32,34H,23-24H2,(H,37,39)/t34-/m0/s1. The topological polar surface area (TPSA) is 66.5 Å². The molecule has 6 rings (SSSR count). The summed E-state index contributed by atoms with van der Waals surface area (Å²) in [6, 6.07) is 38.7. The van der Waals surface area contributed by atoms with Gasteiger partial charge in [-0.1, -0.05) is 103 Å². The lowest BCUT2D eigenvalue weighted by atomic mass is 9.91. The van der Waals surface area contributed by atoms with Crippen LogP contribution in [0.15, 0.2) is 138 Å². The first-order valence-corrected chi connectivity index (χ1v) is 15.2. The lowest BCUT2D eigenvalue weighted by molar-refractivity contribution is -0.122. The van der Waals surface area contributed by atoms with Crippen molar-refractivity contribution < 1.29 is 17.6 Å². The van der Waals surface area contributed by atoms with Gasteiger partial charge in [0.25, 0.3) is 10.0 Å². The van der Waals surface area contributed by atoms with E-state index in [1.807, 2.05) is 72.8 Å². The molecule has 0 spiro atoms. The monoisotopic (exact) mass is 576 g/mol. The number of amides is 1. The minimum absolute atomic E-state index is 0.0781. The Morgan fingerprint density at radius 2 is 1.26 bits per heavy atom. The molecule has 1 N–H and O–H groups in total. The Bertz CT molecular complexity index is 1750. The van der Waals surface area contributed by atoms with Gasteiger partial charge in [-0.3, -0.25) is 9.10 Å². The fourth-order valence-electron chi connectivity index (χ4n) is 5.55. The van der Waals surface area contributed by atoms with Crippen molar-refractivity contribution in [2.75, 3.05) is 10.8 Å². The van der Waals surface area contributed by atoms with E-state index in [0.717, 1.165) is 27.8 Å². The van der Waals surface area contributed by atoms with E-state index in [1.54, 1.807) is 36.4 Å². The van der Waals surface area contributed by atoms with E-state index in [0.29, 0.717) is 12.2 Å². The molecular formula is C35H29FN2O3S. The first-order valence-electron chi connectivity index (χ1n) is 13.8. The number of para-hydroxylation sites is 1. The molecule has 7 heteroatoms. The van der Waals surface area contributed by atoms with Crippen molar-refractivity contribution in [3.05, 3.63) is 156 Å². The number of hydrogen-bond acceptors (Lipinski definition) is 3. The summed E-state index contributed by atoms with van der Waals surface area (Å²) in [7, 11) is -4.08. The lowest BCUT2D eigenvalue weighted by Crippen LogP contribution is -2.48. The zero-order chi connectivity index (χ0) is 29.1. The normalized spacial score (nSPS) is 14.5. The van der Waals surface area contributed by atoms with Crippen LogP contribution in [0, 0.1) is 5.82 Å². The fourth-order valence-corrected chi connectivity index (χ4v) is 7.20. The number of anilines is 1. The fraction of sp³-hybridized carbons (Fsp3) is 0.114. The van der Waals surface area contributed by atoms with Crippen LogP contribution in [0.25, 0.3) is 11.1 Å². The highest BCUT2D eigenvalue weighted by Crippen LogP contribution is 2.37. The van der Waals surface area contributed by atoms with Gasteiger partial charge >= 0.3 is 0 Å². The van der Waals surface area contributed by atoms with Crippen LogP contribution in [0.5, 0.6) is 0 Å². The summed E-state index contributed by atoms with van der Waals surface area (Å²) < 4.78 is 42.8. The molecule has 0 fully saturated rings. The Labute approximate surface area is 245 Å². The zero-order valence-electron chi connectivity index (χ0n) is 22.7. The summed E-state index contributed by atoms with van der Waals surface area (Å²) in [6.45, 7) is 0.319. The average Bonchev–Trinajstić information content (AvgIpc) is 3.43. The molecule has 0 aliphatic carbocycles. The molecule has 5 aromatic rings. The van der Waals surface area contributed by atoms with Gasteiger partial charge in [0.05, 0.1) is 10.6 Å². The van der Waals surface area contributed by atoms with Gasteiger partial charge in [-0.15, -0.1) is 0 Å². The highest BCUT2D eigenvalue weighted by molar-refractivity contribution is 7.93. The zero-order valence-corrected chi connectivity index (χ0v) is 23.5. The molecule has 0 bridgehead atoms. The lowest BCUT2D eigenvalue weighted by Gasteiger charge is -2.27. The predicted octanol–water partition coefficient (Wildman–Crippen LogP) is 6.56. The van der Waals surface area contributed by atoms with Gasteiger partial charge in [0.15, 0.2) is 0 Å². The van der Waals surface area contributed by atoms with Crippen LogP contribution in [0.4, 0.5) is 10.1 Å². The smallest absolute Gasteiger partial charge is 0.265 e. The number of carbonyl (C=O) groups is 1. The van der Waals surface area contributed by atoms with Gasteiger partial charge in [-0.25, -0.2) is 12.8 Å². The molecule has 1 atom stereocenters. The van der Waals surface area contributed by atoms with Crippen molar-refractivity contribution in [2.24, 2.45) is 0 Å². The van der Waals surface area contributed by atoms with Gasteiger partial charge in [0.1, 0.15) is 11.9 Å². The Hall–Kier alpha value is -4.75. The Morgan fingerprint density at radius 3 is 1.86 bits per heavy atom. The van der Waals surface area contributed by atoms with Crippen LogP contribution >= 0.6 is 0 Å². The van der Waals surface area contributed by atoms with E-state index in [2.05, 4.69) is 5.32 Å². The van der Waals surface area contributed by atoms with Crippen LogP contribution in [0.3, 0.4) is 0 Å². The number of rotatable bonds is 8. The number of sulfonamides is 1. The molecular weight excluding hydrogens is 547 g/mol. The molecule has 1 aliphatic rings. The third-order valence-corrected chi connectivity index (χ3v) is 9.54. The number of nitrogens with zero attached hydrogens (tertiary/aromatic N) is 1. The molecule has 1 aliphatic heterocycles. The summed E-state index contributed by atoms with van der Waals surface area (Å²) in [5.74, 6) is -0.785. The third kappa shape index (κ3) is 5.43. The number of halogens is 1. The van der Waals surface area contributed by atoms with E-state index in [1.165, 1.54) is 28.6 Å². The second-order valence-electron chi connectivity index (χ2n) is 10.3. The first kappa shape index (κ1) is 27.4. The van der Waals surface area contributed by atoms with Gasteiger partial charge < -0.3 is 5.32 Å². The van der Waals surface area contributed by atoms with Crippen molar-refractivity contribution in [3.8, 4) is 11.1 Å². The highest BCUT2D eigenvalue weighted by Gasteiger charge is 2.42. The van der Waals surface area contributed by atoms with Gasteiger partial charge in [0, 0.05) is 18.9 Å². The predicted molar refractivity (Wildman–Crippen MR) is 163 cm³/mol. The molecule has 0 saturated carbocycles. The maximum atomic E-state index is 14.1. The molecule has 0 radical (unpaired) electrons. The van der Waals surface area contributed by atoms with Gasteiger partial charge in [-0.05, 0) is 58.1 Å². The number of hydrogen-bond donors (Lipinski definition) is 1. The Morgan fingerprint density at radius 1 is 0.738 bits per heavy atom. The summed E-state index contributed by atoms with van der Waals surface area (Å²) in [6.07, 6.45) is 0.274. The number of benzene rings is 5. The second-order valence-corrected chi connectivity index (χ2v) is 12.1. The van der Waals surface area contributed by atoms with Gasteiger partial charge in [-0.2, -0.15) is 0 Å². The third-order valence-electron chi connectivity index (χ3n) is 7.70. The summed E-state index contributed by atoms with van der Waals surface area (Å²) in [5.41, 5.74) is 4.96. The molecule has 5 aromatic carbocycles. The number of fused-ring (bicyclic) bond motifs is 1. The van der Waals surface area contributed by atoms with Crippen molar-refractivity contribution >= 4 is 21.6 Å². The quantitative estimate of drug-likeness (QED) is 0.228. The maximum absolute atomic E-state index is 14.1. The van der Waals surface area contributed by atoms with Crippen molar-refractivity contribution in [3.63, 3.8) is 0 Å². The minimum Gasteiger partial charge on any atom is -0.353 e. The van der Waals surface area contributed by atoms with E-state index in [4.69, 9.17) is 0 Å². The molecule has 0 unspecified atom stereocenters. The molecule has 1 heterocycles. The van der Waals surface area contributed by atoms with E-state index >= 15 is 0 Å². The number of nitrogens with one attached hydrogen (secondary N) is 1. The van der Waals surface area contributed by atoms with E-state index < -0.39 is 16.1 Å². The average molecular weight is 577 g/mol. The van der Waals surface area contributed by atoms with E-state index in [9.17, 15) is 17.6 Å². The first-order chi connectivity index (χ1) is 20.4. The van der Waals surface area contributed by atoms with Crippen LogP contribution in [-0.4, -0.2) is 26.9 Å². The molecule has 1 amide bonds.